The van der Waals surface area contributed by atoms with Crippen molar-refractivity contribution in [3.63, 3.8) is 0 Å². The number of amides is 1. The smallest absolute Gasteiger partial charge is 0.229 e. The van der Waals surface area contributed by atoms with Gasteiger partial charge in [0.2, 0.25) is 5.91 Å². The molecule has 0 fully saturated rings. The van der Waals surface area contributed by atoms with E-state index in [2.05, 4.69) is 17.2 Å². The maximum Gasteiger partial charge on any atom is 0.229 e. The lowest BCUT2D eigenvalue weighted by atomic mass is 9.99. The van der Waals surface area contributed by atoms with E-state index in [4.69, 9.17) is 11.6 Å². The molecule has 1 heterocycles. The van der Waals surface area contributed by atoms with Crippen LogP contribution in [0.15, 0.2) is 5.38 Å². The Hall–Kier alpha value is -0.610. The van der Waals surface area contributed by atoms with E-state index in [1.807, 2.05) is 12.3 Å². The molecule has 1 aromatic rings. The number of halogens is 1. The Morgan fingerprint density at radius 1 is 1.59 bits per heavy atom. The average molecular weight is 275 g/mol. The molecule has 96 valence electrons. The predicted molar refractivity (Wildman–Crippen MR) is 73.6 cm³/mol. The van der Waals surface area contributed by atoms with Crippen LogP contribution in [0.3, 0.4) is 0 Å². The fourth-order valence-electron chi connectivity index (χ4n) is 1.60. The van der Waals surface area contributed by atoms with Gasteiger partial charge < -0.3 is 5.32 Å². The van der Waals surface area contributed by atoms with Gasteiger partial charge in [0.25, 0.3) is 0 Å². The molecule has 0 saturated carbocycles. The van der Waals surface area contributed by atoms with E-state index < -0.39 is 0 Å². The monoisotopic (exact) mass is 274 g/mol. The van der Waals surface area contributed by atoms with Crippen molar-refractivity contribution in [2.75, 3.05) is 5.32 Å². The van der Waals surface area contributed by atoms with Gasteiger partial charge in [-0.3, -0.25) is 4.79 Å². The Balaban J connectivity index is 2.51. The minimum Gasteiger partial charge on any atom is -0.302 e. The second kappa shape index (κ2) is 7.67. The second-order valence-corrected chi connectivity index (χ2v) is 5.14. The zero-order valence-electron chi connectivity index (χ0n) is 10.3. The Bertz CT molecular complexity index is 354. The number of nitrogens with zero attached hydrogens (tertiary/aromatic N) is 1. The number of hydrogen-bond donors (Lipinski definition) is 1. The summed E-state index contributed by atoms with van der Waals surface area (Å²) in [4.78, 5) is 16.2. The number of aromatic nitrogens is 1. The largest absolute Gasteiger partial charge is 0.302 e. The molecule has 1 rings (SSSR count). The molecule has 1 N–H and O–H groups in total. The number of thiazole rings is 1. The van der Waals surface area contributed by atoms with Crippen LogP contribution in [0.2, 0.25) is 0 Å². The molecule has 1 aromatic heterocycles. The third kappa shape index (κ3) is 4.64. The van der Waals surface area contributed by atoms with Crippen LogP contribution in [0.5, 0.6) is 0 Å². The highest BCUT2D eigenvalue weighted by Crippen LogP contribution is 2.20. The fourth-order valence-corrected chi connectivity index (χ4v) is 2.55. The first kappa shape index (κ1) is 14.5. The Labute approximate surface area is 112 Å². The van der Waals surface area contributed by atoms with Crippen LogP contribution >= 0.6 is 22.9 Å². The number of hydrogen-bond acceptors (Lipinski definition) is 3. The molecule has 17 heavy (non-hydrogen) atoms. The van der Waals surface area contributed by atoms with Gasteiger partial charge in [-0.2, -0.15) is 0 Å². The molecule has 0 bridgehead atoms. The lowest BCUT2D eigenvalue weighted by molar-refractivity contribution is -0.120. The molecule has 0 aliphatic rings. The van der Waals surface area contributed by atoms with Crippen LogP contribution in [0.4, 0.5) is 5.13 Å². The molecule has 1 amide bonds. The Kier molecular flexibility index (Phi) is 6.52. The van der Waals surface area contributed by atoms with Gasteiger partial charge in [-0.15, -0.1) is 22.9 Å². The van der Waals surface area contributed by atoms with Crippen molar-refractivity contribution in [3.05, 3.63) is 11.1 Å². The number of anilines is 1. The minimum atomic E-state index is 0.0800. The quantitative estimate of drug-likeness (QED) is 0.763. The Morgan fingerprint density at radius 3 is 2.88 bits per heavy atom. The van der Waals surface area contributed by atoms with E-state index in [1.165, 1.54) is 11.3 Å². The molecule has 0 aliphatic carbocycles. The minimum absolute atomic E-state index is 0.0800. The van der Waals surface area contributed by atoms with E-state index in [0.29, 0.717) is 11.0 Å². The summed E-state index contributed by atoms with van der Waals surface area (Å²) < 4.78 is 0. The van der Waals surface area contributed by atoms with Crippen molar-refractivity contribution in [1.82, 2.24) is 4.98 Å². The molecule has 1 unspecified atom stereocenters. The molecular weight excluding hydrogens is 256 g/mol. The molecule has 0 aromatic carbocycles. The van der Waals surface area contributed by atoms with Gasteiger partial charge in [-0.1, -0.05) is 26.7 Å². The lowest BCUT2D eigenvalue weighted by Crippen LogP contribution is -2.22. The van der Waals surface area contributed by atoms with Crippen LogP contribution in [0.25, 0.3) is 0 Å². The number of alkyl halides is 1. The summed E-state index contributed by atoms with van der Waals surface area (Å²) in [6.45, 7) is 4.18. The summed E-state index contributed by atoms with van der Waals surface area (Å²) in [6, 6.07) is 0. The van der Waals surface area contributed by atoms with Gasteiger partial charge >= 0.3 is 0 Å². The maximum absolute atomic E-state index is 12.0. The highest BCUT2D eigenvalue weighted by Gasteiger charge is 2.16. The molecule has 3 nitrogen and oxygen atoms in total. The first-order valence-corrected chi connectivity index (χ1v) is 7.43. The number of carbonyl (C=O) groups excluding carboxylic acids is 1. The van der Waals surface area contributed by atoms with E-state index in [9.17, 15) is 4.79 Å². The molecule has 1 atom stereocenters. The summed E-state index contributed by atoms with van der Waals surface area (Å²) in [6.07, 6.45) is 4.04. The van der Waals surface area contributed by atoms with Crippen molar-refractivity contribution in [3.8, 4) is 0 Å². The molecule has 5 heteroatoms. The molecule has 0 aliphatic heterocycles. The average Bonchev–Trinajstić information content (AvgIpc) is 2.77. The van der Waals surface area contributed by atoms with Gasteiger partial charge in [-0.25, -0.2) is 4.98 Å². The molecular formula is C12H19ClN2OS. The van der Waals surface area contributed by atoms with Crippen molar-refractivity contribution in [2.24, 2.45) is 5.92 Å². The van der Waals surface area contributed by atoms with Crippen molar-refractivity contribution >= 4 is 34.0 Å². The van der Waals surface area contributed by atoms with E-state index in [-0.39, 0.29) is 11.8 Å². The number of unbranched alkanes of at least 4 members (excludes halogenated alkanes) is 1. The van der Waals surface area contributed by atoms with E-state index in [0.717, 1.165) is 31.4 Å². The summed E-state index contributed by atoms with van der Waals surface area (Å²) in [5.41, 5.74) is 0.813. The van der Waals surface area contributed by atoms with Gasteiger partial charge in [0.05, 0.1) is 11.6 Å². The summed E-state index contributed by atoms with van der Waals surface area (Å²) >= 11 is 7.09. The highest BCUT2D eigenvalue weighted by molar-refractivity contribution is 7.13. The number of nitrogens with one attached hydrogen (secondary N) is 1. The topological polar surface area (TPSA) is 42.0 Å². The predicted octanol–water partition coefficient (Wildman–Crippen LogP) is 4.04. The van der Waals surface area contributed by atoms with Crippen molar-refractivity contribution in [1.29, 1.82) is 0 Å². The zero-order chi connectivity index (χ0) is 12.7. The Morgan fingerprint density at radius 2 is 2.35 bits per heavy atom. The third-order valence-corrected chi connectivity index (χ3v) is 3.77. The second-order valence-electron chi connectivity index (χ2n) is 4.01. The normalized spacial score (nSPS) is 12.4. The van der Waals surface area contributed by atoms with Crippen molar-refractivity contribution in [2.45, 2.75) is 45.4 Å². The lowest BCUT2D eigenvalue weighted by Gasteiger charge is -2.12. The summed E-state index contributed by atoms with van der Waals surface area (Å²) in [5, 5.41) is 5.39. The van der Waals surface area contributed by atoms with Crippen LogP contribution < -0.4 is 5.32 Å². The highest BCUT2D eigenvalue weighted by atomic mass is 35.5. The van der Waals surface area contributed by atoms with Crippen LogP contribution in [0.1, 0.15) is 45.2 Å². The number of rotatable bonds is 7. The third-order valence-electron chi connectivity index (χ3n) is 2.69. The zero-order valence-corrected chi connectivity index (χ0v) is 11.9. The van der Waals surface area contributed by atoms with Crippen LogP contribution in [-0.2, 0) is 10.7 Å². The van der Waals surface area contributed by atoms with Gasteiger partial charge in [0, 0.05) is 11.3 Å². The van der Waals surface area contributed by atoms with Gasteiger partial charge in [-0.05, 0) is 12.8 Å². The van der Waals surface area contributed by atoms with Crippen LogP contribution in [0, 0.1) is 5.92 Å². The fraction of sp³-hybridized carbons (Fsp3) is 0.667. The molecule has 0 radical (unpaired) electrons. The summed E-state index contributed by atoms with van der Waals surface area (Å²) in [7, 11) is 0. The summed E-state index contributed by atoms with van der Waals surface area (Å²) in [5.74, 6) is 0.564. The van der Waals surface area contributed by atoms with E-state index >= 15 is 0 Å². The maximum atomic E-state index is 12.0. The van der Waals surface area contributed by atoms with Crippen molar-refractivity contribution < 1.29 is 4.79 Å². The van der Waals surface area contributed by atoms with E-state index in [1.54, 1.807) is 0 Å². The first-order valence-electron chi connectivity index (χ1n) is 6.02. The van der Waals surface area contributed by atoms with Crippen LogP contribution in [-0.4, -0.2) is 10.9 Å². The SMILES string of the molecule is CCCCC(CC)C(=O)Nc1nc(CCl)cs1. The van der Waals surface area contributed by atoms with Gasteiger partial charge in [0.15, 0.2) is 5.13 Å². The first-order chi connectivity index (χ1) is 8.21. The molecule has 0 spiro atoms. The molecule has 0 saturated heterocycles. The van der Waals surface area contributed by atoms with Gasteiger partial charge in [0.1, 0.15) is 0 Å². The number of carbonyl (C=O) groups is 1. The standard InChI is InChI=1S/C12H19ClN2OS/c1-3-5-6-9(4-2)11(16)15-12-14-10(7-13)8-17-12/h8-9H,3-7H2,1-2H3,(H,14,15,16).